The molecule has 0 radical (unpaired) electrons. The number of amides is 8. The molecule has 21 heteroatoms. The van der Waals surface area contributed by atoms with Gasteiger partial charge in [0.25, 0.3) is 0 Å². The minimum Gasteiger partial charge on any atom is -0.508 e. The van der Waals surface area contributed by atoms with E-state index in [0.29, 0.717) is 11.1 Å². The minimum atomic E-state index is -1.64. The topological polar surface area (TPSA) is 365 Å². The highest BCUT2D eigenvalue weighted by Crippen LogP contribution is 2.13. The van der Waals surface area contributed by atoms with Gasteiger partial charge in [0.05, 0.1) is 32.0 Å². The fraction of sp³-hybridized carbons (Fsp3) is 0.364. The van der Waals surface area contributed by atoms with Crippen LogP contribution in [0.2, 0.25) is 0 Å². The molecule has 2 aromatic carbocycles. The summed E-state index contributed by atoms with van der Waals surface area (Å²) in [5, 5.41) is 41.7. The summed E-state index contributed by atoms with van der Waals surface area (Å²) in [7, 11) is 0. The van der Waals surface area contributed by atoms with E-state index in [1.165, 1.54) is 43.3 Å². The number of hydrogen-bond donors (Lipinski definition) is 12. The minimum absolute atomic E-state index is 0.0199. The van der Waals surface area contributed by atoms with Crippen LogP contribution in [0.1, 0.15) is 30.9 Å². The Morgan fingerprint density at radius 2 is 1.00 bits per heavy atom. The van der Waals surface area contributed by atoms with Gasteiger partial charge in [-0.15, -0.1) is 0 Å². The Bertz CT molecular complexity index is 1700. The van der Waals surface area contributed by atoms with Crippen molar-refractivity contribution >= 4 is 53.2 Å². The van der Waals surface area contributed by atoms with Gasteiger partial charge in [-0.3, -0.25) is 38.4 Å². The van der Waals surface area contributed by atoms with Crippen molar-refractivity contribution < 1.29 is 58.5 Å². The van der Waals surface area contributed by atoms with Crippen LogP contribution in [0.15, 0.2) is 48.5 Å². The molecule has 0 saturated carbocycles. The van der Waals surface area contributed by atoms with Crippen molar-refractivity contribution in [3.05, 3.63) is 59.7 Å². The fourth-order valence-corrected chi connectivity index (χ4v) is 4.63. The van der Waals surface area contributed by atoms with Gasteiger partial charge in [-0.05, 0) is 48.7 Å². The standard InChI is InChI=1S/C33H43N9O12/c1-16(29(49)37-14-28(48)41-24(33(53)54)13-26(36)46)39-31(51)22(11-18-4-8-20(44)9-5-18)42-32(52)23(12-25(35)45)40-27(47)15-38-30(50)21(34)10-17-2-6-19(43)7-3-17/h2-9,16,21-24,43-44H,10-15,34H2,1H3,(H2,35,45)(H2,36,46)(H,37,49)(H,38,50)(H,39,51)(H,40,47)(H,41,48)(H,42,52)(H,53,54)/t16-,21-,22-,23-,24-/m0/s1. The predicted octanol–water partition coefficient (Wildman–Crippen LogP) is -4.76. The van der Waals surface area contributed by atoms with E-state index in [1.54, 1.807) is 12.1 Å². The Morgan fingerprint density at radius 3 is 1.48 bits per heavy atom. The summed E-state index contributed by atoms with van der Waals surface area (Å²) in [6.07, 6.45) is -1.57. The quantitative estimate of drug-likeness (QED) is 0.0570. The molecule has 0 aromatic heterocycles. The molecule has 0 aliphatic heterocycles. The average Bonchev–Trinajstić information content (AvgIpc) is 3.09. The number of nitrogens with two attached hydrogens (primary N) is 3. The number of aromatic hydroxyl groups is 2. The summed E-state index contributed by atoms with van der Waals surface area (Å²) in [4.78, 5) is 111. The number of phenols is 2. The van der Waals surface area contributed by atoms with Crippen LogP contribution in [-0.2, 0) is 56.0 Å². The summed E-state index contributed by atoms with van der Waals surface area (Å²) in [6.45, 7) is -0.165. The highest BCUT2D eigenvalue weighted by molar-refractivity contribution is 5.97. The zero-order chi connectivity index (χ0) is 40.5. The summed E-state index contributed by atoms with van der Waals surface area (Å²) in [6, 6.07) is 4.30. The van der Waals surface area contributed by atoms with E-state index in [2.05, 4.69) is 26.6 Å². The molecule has 0 bridgehead atoms. The molecule has 5 atom stereocenters. The molecule has 292 valence electrons. The average molecular weight is 758 g/mol. The Labute approximate surface area is 307 Å². The largest absolute Gasteiger partial charge is 0.508 e. The van der Waals surface area contributed by atoms with E-state index < -0.39 is 109 Å². The van der Waals surface area contributed by atoms with Crippen molar-refractivity contribution in [3.8, 4) is 11.5 Å². The van der Waals surface area contributed by atoms with Crippen molar-refractivity contribution in [3.63, 3.8) is 0 Å². The Balaban J connectivity index is 2.09. The summed E-state index contributed by atoms with van der Waals surface area (Å²) >= 11 is 0. The zero-order valence-electron chi connectivity index (χ0n) is 29.0. The second kappa shape index (κ2) is 20.9. The number of carbonyl (C=O) groups excluding carboxylic acids is 8. The maximum atomic E-state index is 13.4. The second-order valence-corrected chi connectivity index (χ2v) is 12.0. The van der Waals surface area contributed by atoms with Crippen molar-refractivity contribution in [1.82, 2.24) is 31.9 Å². The van der Waals surface area contributed by atoms with E-state index in [9.17, 15) is 53.4 Å². The Kier molecular flexibility index (Phi) is 16.8. The maximum Gasteiger partial charge on any atom is 0.326 e. The molecule has 8 amide bonds. The molecule has 2 rings (SSSR count). The lowest BCUT2D eigenvalue weighted by Crippen LogP contribution is -2.58. The first-order chi connectivity index (χ1) is 25.3. The Hall–Kier alpha value is -6.77. The molecule has 54 heavy (non-hydrogen) atoms. The van der Waals surface area contributed by atoms with E-state index in [4.69, 9.17) is 22.3 Å². The molecule has 0 heterocycles. The fourth-order valence-electron chi connectivity index (χ4n) is 4.63. The van der Waals surface area contributed by atoms with Crippen molar-refractivity contribution in [2.24, 2.45) is 17.2 Å². The number of aliphatic carboxylic acids is 1. The van der Waals surface area contributed by atoms with Gasteiger partial charge < -0.3 is 64.4 Å². The summed E-state index contributed by atoms with van der Waals surface area (Å²) in [5.74, 6) is -9.11. The van der Waals surface area contributed by atoms with Crippen LogP contribution in [0.3, 0.4) is 0 Å². The van der Waals surface area contributed by atoms with E-state index in [0.717, 1.165) is 0 Å². The van der Waals surface area contributed by atoms with Crippen LogP contribution in [0.25, 0.3) is 0 Å². The molecule has 0 unspecified atom stereocenters. The van der Waals surface area contributed by atoms with Gasteiger partial charge in [0.1, 0.15) is 35.7 Å². The first kappa shape index (κ1) is 43.4. The van der Waals surface area contributed by atoms with Crippen molar-refractivity contribution in [2.75, 3.05) is 13.1 Å². The molecule has 0 saturated heterocycles. The van der Waals surface area contributed by atoms with Gasteiger partial charge in [0.2, 0.25) is 47.3 Å². The van der Waals surface area contributed by atoms with Crippen molar-refractivity contribution in [2.45, 2.75) is 62.8 Å². The van der Waals surface area contributed by atoms with Gasteiger partial charge in [-0.2, -0.15) is 0 Å². The number of carboxylic acids is 1. The second-order valence-electron chi connectivity index (χ2n) is 12.0. The smallest absolute Gasteiger partial charge is 0.326 e. The number of phenolic OH excluding ortho intramolecular Hbond substituents is 2. The SMILES string of the molecule is C[C@H](NC(=O)[C@H](Cc1ccc(O)cc1)NC(=O)[C@H](CC(N)=O)NC(=O)CNC(=O)[C@@H](N)Cc1ccc(O)cc1)C(=O)NCC(=O)N[C@@H](CC(N)=O)C(=O)O. The van der Waals surface area contributed by atoms with Gasteiger partial charge in [0.15, 0.2) is 0 Å². The molecule has 15 N–H and O–H groups in total. The first-order valence-corrected chi connectivity index (χ1v) is 16.2. The number of rotatable bonds is 21. The molecule has 0 aliphatic rings. The molecule has 0 fully saturated rings. The third-order valence-electron chi connectivity index (χ3n) is 7.43. The van der Waals surface area contributed by atoms with Crippen LogP contribution in [0.4, 0.5) is 0 Å². The number of carbonyl (C=O) groups is 9. The first-order valence-electron chi connectivity index (χ1n) is 16.2. The Morgan fingerprint density at radius 1 is 0.574 bits per heavy atom. The molecular formula is C33H43N9O12. The van der Waals surface area contributed by atoms with Gasteiger partial charge in [-0.1, -0.05) is 24.3 Å². The number of benzene rings is 2. The maximum absolute atomic E-state index is 13.4. The summed E-state index contributed by atoms with van der Waals surface area (Å²) in [5.41, 5.74) is 17.2. The molecule has 0 aliphatic carbocycles. The monoisotopic (exact) mass is 757 g/mol. The third-order valence-corrected chi connectivity index (χ3v) is 7.43. The molecule has 21 nitrogen and oxygen atoms in total. The van der Waals surface area contributed by atoms with E-state index in [-0.39, 0.29) is 24.3 Å². The summed E-state index contributed by atoms with van der Waals surface area (Å²) < 4.78 is 0. The number of carboxylic acid groups (broad SMARTS) is 1. The highest BCUT2D eigenvalue weighted by atomic mass is 16.4. The lowest BCUT2D eigenvalue weighted by atomic mass is 10.0. The highest BCUT2D eigenvalue weighted by Gasteiger charge is 2.30. The van der Waals surface area contributed by atoms with Gasteiger partial charge >= 0.3 is 5.97 Å². The lowest BCUT2D eigenvalue weighted by Gasteiger charge is -2.24. The van der Waals surface area contributed by atoms with Crippen LogP contribution < -0.4 is 49.1 Å². The lowest BCUT2D eigenvalue weighted by molar-refractivity contribution is -0.143. The molecule has 2 aromatic rings. The third kappa shape index (κ3) is 15.6. The van der Waals surface area contributed by atoms with Gasteiger partial charge in [-0.25, -0.2) is 4.79 Å². The molecule has 0 spiro atoms. The van der Waals surface area contributed by atoms with Crippen LogP contribution in [-0.4, -0.2) is 112 Å². The number of primary amides is 2. The van der Waals surface area contributed by atoms with Gasteiger partial charge in [0, 0.05) is 6.42 Å². The van der Waals surface area contributed by atoms with Crippen LogP contribution in [0, 0.1) is 0 Å². The predicted molar refractivity (Wildman–Crippen MR) is 186 cm³/mol. The normalized spacial score (nSPS) is 13.4. The van der Waals surface area contributed by atoms with E-state index >= 15 is 0 Å². The van der Waals surface area contributed by atoms with Crippen LogP contribution in [0.5, 0.6) is 11.5 Å². The molecular weight excluding hydrogens is 714 g/mol. The zero-order valence-corrected chi connectivity index (χ0v) is 29.0. The van der Waals surface area contributed by atoms with E-state index in [1.807, 2.05) is 5.32 Å². The number of hydrogen-bond acceptors (Lipinski definition) is 12. The number of nitrogens with one attached hydrogen (secondary N) is 6. The van der Waals surface area contributed by atoms with Crippen LogP contribution >= 0.6 is 0 Å². The van der Waals surface area contributed by atoms with Crippen molar-refractivity contribution in [1.29, 1.82) is 0 Å².